The number of hydrogen-bond acceptors (Lipinski definition) is 10. The Morgan fingerprint density at radius 1 is 1.06 bits per heavy atom. The van der Waals surface area contributed by atoms with Crippen LogP contribution >= 0.6 is 23.1 Å². The number of fused-ring (bicyclic) bond motifs is 1. The standard InChI is InChI=1S/C38H50FN5O5S3/c1-25(2)22-44(52(48,49)29-14-15-30-33(20-29)51-24-40-30)23-32(45)31(18-26-10-7-6-8-11-26)42-36(47)35(37(3,4)50-5)43-34(46)21-41-38(16-17-38)27-12-9-13-28(39)19-27/h6-15,19-20,24-25,31-32,34-35,41,43,45-46H,16-18,21-23H2,1-5H3,(H,42,47)/t31-,32+,34?,35+/m0/s1. The molecule has 1 fully saturated rings. The first kappa shape index (κ1) is 40.2. The average molecular weight is 772 g/mol. The van der Waals surface area contributed by atoms with Gasteiger partial charge < -0.3 is 20.8 Å². The molecular formula is C38H50FN5O5S3. The van der Waals surface area contributed by atoms with Crippen LogP contribution in [0.1, 0.15) is 51.7 Å². The molecule has 0 radical (unpaired) electrons. The summed E-state index contributed by atoms with van der Waals surface area (Å²) in [6.45, 7) is 7.62. The SMILES string of the molecule is CSC(C)(C)[C@H](NC(O)CNC1(c2cccc(F)c2)CC1)C(=O)N[C@@H](Cc1ccccc1)[C@H](O)CN(CC(C)C)S(=O)(=O)c1ccc2ncsc2c1. The molecule has 5 rings (SSSR count). The fourth-order valence-electron chi connectivity index (χ4n) is 6.31. The summed E-state index contributed by atoms with van der Waals surface area (Å²) in [4.78, 5) is 18.6. The highest BCUT2D eigenvalue weighted by Gasteiger charge is 2.45. The zero-order valence-corrected chi connectivity index (χ0v) is 32.7. The summed E-state index contributed by atoms with van der Waals surface area (Å²) < 4.78 is 43.4. The first-order chi connectivity index (χ1) is 24.6. The molecule has 0 bridgehead atoms. The highest BCUT2D eigenvalue weighted by Crippen LogP contribution is 2.45. The Kier molecular flexibility index (Phi) is 13.2. The Morgan fingerprint density at radius 3 is 2.44 bits per heavy atom. The minimum absolute atomic E-state index is 0.0435. The summed E-state index contributed by atoms with van der Waals surface area (Å²) in [6.07, 6.45) is 1.30. The van der Waals surface area contributed by atoms with Gasteiger partial charge in [0.05, 0.1) is 32.8 Å². The third kappa shape index (κ3) is 9.97. The first-order valence-corrected chi connectivity index (χ1v) is 21.0. The number of nitrogens with one attached hydrogen (secondary N) is 3. The number of benzene rings is 3. The van der Waals surface area contributed by atoms with Gasteiger partial charge in [-0.1, -0.05) is 56.3 Å². The zero-order valence-electron chi connectivity index (χ0n) is 30.3. The largest absolute Gasteiger partial charge is 0.390 e. The van der Waals surface area contributed by atoms with Crippen molar-refractivity contribution in [3.63, 3.8) is 0 Å². The number of thioether (sulfide) groups is 1. The predicted octanol–water partition coefficient (Wildman–Crippen LogP) is 4.87. The molecule has 0 saturated heterocycles. The molecule has 0 spiro atoms. The Bertz CT molecular complexity index is 1910. The number of amides is 1. The molecule has 1 aliphatic carbocycles. The minimum atomic E-state index is -4.03. The third-order valence-electron chi connectivity index (χ3n) is 9.59. The number of carbonyl (C=O) groups is 1. The van der Waals surface area contributed by atoms with Crippen LogP contribution in [0.15, 0.2) is 83.2 Å². The van der Waals surface area contributed by atoms with Gasteiger partial charge >= 0.3 is 0 Å². The van der Waals surface area contributed by atoms with Crippen LogP contribution in [0.5, 0.6) is 0 Å². The Balaban J connectivity index is 1.35. The van der Waals surface area contributed by atoms with Crippen molar-refractivity contribution in [3.05, 3.63) is 95.3 Å². The summed E-state index contributed by atoms with van der Waals surface area (Å²) >= 11 is 2.80. The summed E-state index contributed by atoms with van der Waals surface area (Å²) in [5.74, 6) is -0.811. The van der Waals surface area contributed by atoms with Crippen molar-refractivity contribution < 1.29 is 27.8 Å². The van der Waals surface area contributed by atoms with Crippen LogP contribution in [-0.2, 0) is 26.8 Å². The van der Waals surface area contributed by atoms with Crippen LogP contribution in [0.2, 0.25) is 0 Å². The van der Waals surface area contributed by atoms with E-state index in [0.29, 0.717) is 5.52 Å². The van der Waals surface area contributed by atoms with E-state index in [0.717, 1.165) is 28.7 Å². The third-order valence-corrected chi connectivity index (χ3v) is 13.5. The van der Waals surface area contributed by atoms with Crippen LogP contribution in [0.4, 0.5) is 4.39 Å². The van der Waals surface area contributed by atoms with Crippen molar-refractivity contribution in [2.24, 2.45) is 5.92 Å². The molecule has 3 aromatic carbocycles. The number of rotatable bonds is 19. The first-order valence-electron chi connectivity index (χ1n) is 17.5. The van der Waals surface area contributed by atoms with Crippen molar-refractivity contribution in [1.82, 2.24) is 25.2 Å². The number of hydrogen-bond donors (Lipinski definition) is 5. The number of aromatic nitrogens is 1. The lowest BCUT2D eigenvalue weighted by Gasteiger charge is -2.37. The van der Waals surface area contributed by atoms with Gasteiger partial charge in [-0.25, -0.2) is 17.8 Å². The fraction of sp³-hybridized carbons (Fsp3) is 0.474. The highest BCUT2D eigenvalue weighted by molar-refractivity contribution is 8.00. The van der Waals surface area contributed by atoms with E-state index in [1.807, 2.05) is 70.3 Å². The van der Waals surface area contributed by atoms with Gasteiger partial charge in [0, 0.05) is 29.9 Å². The molecule has 1 unspecified atom stereocenters. The molecule has 282 valence electrons. The van der Waals surface area contributed by atoms with Gasteiger partial charge in [-0.15, -0.1) is 11.3 Å². The molecule has 5 N–H and O–H groups in total. The smallest absolute Gasteiger partial charge is 0.243 e. The average Bonchev–Trinajstić information content (AvgIpc) is 3.76. The topological polar surface area (TPSA) is 144 Å². The highest BCUT2D eigenvalue weighted by atomic mass is 32.2. The molecule has 4 aromatic rings. The predicted molar refractivity (Wildman–Crippen MR) is 207 cm³/mol. The Morgan fingerprint density at radius 2 is 1.79 bits per heavy atom. The van der Waals surface area contributed by atoms with Crippen LogP contribution in [0.25, 0.3) is 10.2 Å². The Hall–Kier alpha value is -2.95. The van der Waals surface area contributed by atoms with Gasteiger partial charge in [-0.3, -0.25) is 10.1 Å². The van der Waals surface area contributed by atoms with Gasteiger partial charge in [0.2, 0.25) is 15.9 Å². The van der Waals surface area contributed by atoms with E-state index in [4.69, 9.17) is 0 Å². The quantitative estimate of drug-likeness (QED) is 0.0845. The summed E-state index contributed by atoms with van der Waals surface area (Å²) in [5.41, 5.74) is 3.61. The van der Waals surface area contributed by atoms with Crippen LogP contribution in [-0.4, -0.2) is 88.9 Å². The van der Waals surface area contributed by atoms with Crippen molar-refractivity contribution in [2.45, 2.75) is 86.6 Å². The van der Waals surface area contributed by atoms with E-state index in [9.17, 15) is 27.8 Å². The fourth-order valence-corrected chi connectivity index (χ4v) is 9.16. The number of sulfonamides is 1. The number of carbonyl (C=O) groups excluding carboxylic acids is 1. The zero-order chi connectivity index (χ0) is 37.7. The van der Waals surface area contributed by atoms with E-state index >= 15 is 0 Å². The van der Waals surface area contributed by atoms with E-state index in [1.54, 1.807) is 23.7 Å². The molecular weight excluding hydrogens is 722 g/mol. The lowest BCUT2D eigenvalue weighted by atomic mass is 9.97. The van der Waals surface area contributed by atoms with Crippen molar-refractivity contribution in [1.29, 1.82) is 0 Å². The van der Waals surface area contributed by atoms with Crippen LogP contribution in [0, 0.1) is 11.7 Å². The maximum absolute atomic E-state index is 14.2. The second kappa shape index (κ2) is 17.0. The van der Waals surface area contributed by atoms with E-state index < -0.39 is 50.6 Å². The van der Waals surface area contributed by atoms with Gasteiger partial charge in [-0.2, -0.15) is 16.1 Å². The van der Waals surface area contributed by atoms with Crippen LogP contribution < -0.4 is 16.0 Å². The maximum Gasteiger partial charge on any atom is 0.243 e. The van der Waals surface area contributed by atoms with E-state index in [2.05, 4.69) is 20.9 Å². The van der Waals surface area contributed by atoms with E-state index in [1.165, 1.54) is 45.6 Å². The molecule has 1 amide bonds. The van der Waals surface area contributed by atoms with Crippen molar-refractivity contribution >= 4 is 49.2 Å². The molecule has 4 atom stereocenters. The van der Waals surface area contributed by atoms with Crippen LogP contribution in [0.3, 0.4) is 0 Å². The van der Waals surface area contributed by atoms with Gasteiger partial charge in [0.1, 0.15) is 18.1 Å². The van der Waals surface area contributed by atoms with Gasteiger partial charge in [0.15, 0.2) is 0 Å². The second-order valence-corrected chi connectivity index (χ2v) is 18.8. The second-order valence-electron chi connectivity index (χ2n) is 14.5. The minimum Gasteiger partial charge on any atom is -0.390 e. The van der Waals surface area contributed by atoms with Gasteiger partial charge in [0.25, 0.3) is 0 Å². The molecule has 1 saturated carbocycles. The number of aliphatic hydroxyl groups is 2. The molecule has 52 heavy (non-hydrogen) atoms. The summed E-state index contributed by atoms with van der Waals surface area (Å²) in [5, 5.41) is 32.5. The normalized spacial score (nSPS) is 16.9. The van der Waals surface area contributed by atoms with Gasteiger partial charge in [-0.05, 0) is 86.7 Å². The van der Waals surface area contributed by atoms with Crippen molar-refractivity contribution in [3.8, 4) is 0 Å². The molecule has 10 nitrogen and oxygen atoms in total. The maximum atomic E-state index is 14.2. The number of halogens is 1. The summed E-state index contributed by atoms with van der Waals surface area (Å²) in [7, 11) is -4.03. The number of thiazole rings is 1. The number of nitrogens with zero attached hydrogens (tertiary/aromatic N) is 2. The van der Waals surface area contributed by atoms with E-state index in [-0.39, 0.29) is 42.7 Å². The molecule has 1 heterocycles. The molecule has 1 aliphatic rings. The molecule has 1 aromatic heterocycles. The number of aliphatic hydroxyl groups excluding tert-OH is 2. The Labute approximate surface area is 314 Å². The molecule has 14 heteroatoms. The molecule has 0 aliphatic heterocycles. The monoisotopic (exact) mass is 771 g/mol. The lowest BCUT2D eigenvalue weighted by molar-refractivity contribution is -0.126. The lowest BCUT2D eigenvalue weighted by Crippen LogP contribution is -2.62. The van der Waals surface area contributed by atoms with Crippen molar-refractivity contribution in [2.75, 3.05) is 25.9 Å². The summed E-state index contributed by atoms with van der Waals surface area (Å²) in [6, 6.07) is 18.9.